The number of hydrogen-bond acceptors (Lipinski definition) is 6. The Labute approximate surface area is 186 Å². The Kier molecular flexibility index (Phi) is 6.89. The van der Waals surface area contributed by atoms with Crippen LogP contribution < -0.4 is 20.3 Å². The number of halogens is 1. The van der Waals surface area contributed by atoms with Crippen LogP contribution in [0.2, 0.25) is 0 Å². The summed E-state index contributed by atoms with van der Waals surface area (Å²) in [5.74, 6) is 0.547. The maximum atomic E-state index is 14.1. The maximum absolute atomic E-state index is 14.1. The quantitative estimate of drug-likeness (QED) is 0.499. The van der Waals surface area contributed by atoms with Gasteiger partial charge in [-0.3, -0.25) is 0 Å². The number of aromatic nitrogens is 2. The Hall–Kier alpha value is -3.72. The molecular weight excluding hydrogens is 413 g/mol. The van der Waals surface area contributed by atoms with E-state index in [4.69, 9.17) is 4.74 Å². The molecule has 3 rings (SSSR count). The lowest BCUT2D eigenvalue weighted by atomic mass is 10.0. The third-order valence-corrected chi connectivity index (χ3v) is 4.92. The van der Waals surface area contributed by atoms with Crippen LogP contribution in [-0.4, -0.2) is 39.9 Å². The summed E-state index contributed by atoms with van der Waals surface area (Å²) in [7, 11) is 1.55. The highest BCUT2D eigenvalue weighted by Crippen LogP contribution is 2.28. The summed E-state index contributed by atoms with van der Waals surface area (Å²) in [6.07, 6.45) is 1.49. The molecule has 2 amide bonds. The van der Waals surface area contributed by atoms with Crippen molar-refractivity contribution >= 4 is 29.2 Å². The number of amides is 2. The first-order chi connectivity index (χ1) is 15.2. The number of urea groups is 1. The largest absolute Gasteiger partial charge is 0.497 e. The van der Waals surface area contributed by atoms with Gasteiger partial charge in [0.2, 0.25) is 5.95 Å². The van der Waals surface area contributed by atoms with E-state index in [-0.39, 0.29) is 23.5 Å². The average Bonchev–Trinajstić information content (AvgIpc) is 2.76. The minimum absolute atomic E-state index is 0.0408. The van der Waals surface area contributed by atoms with Gasteiger partial charge in [-0.05, 0) is 57.2 Å². The molecule has 0 aliphatic rings. The highest BCUT2D eigenvalue weighted by Gasteiger charge is 2.25. The summed E-state index contributed by atoms with van der Waals surface area (Å²) in [6.45, 7) is 5.13. The number of ether oxygens (including phenoxy) is 1. The second kappa shape index (κ2) is 9.61. The van der Waals surface area contributed by atoms with E-state index >= 15 is 0 Å². The third-order valence-electron chi connectivity index (χ3n) is 4.92. The van der Waals surface area contributed by atoms with Gasteiger partial charge in [-0.25, -0.2) is 19.1 Å². The minimum atomic E-state index is -1.02. The Bertz CT molecular complexity index is 1070. The first-order valence-corrected chi connectivity index (χ1v) is 10.0. The van der Waals surface area contributed by atoms with Crippen molar-refractivity contribution < 1.29 is 19.0 Å². The van der Waals surface area contributed by atoms with E-state index in [1.54, 1.807) is 70.3 Å². The summed E-state index contributed by atoms with van der Waals surface area (Å²) < 4.78 is 19.3. The van der Waals surface area contributed by atoms with Crippen LogP contribution in [0.4, 0.5) is 32.3 Å². The van der Waals surface area contributed by atoms with Gasteiger partial charge in [-0.1, -0.05) is 12.1 Å². The average molecular weight is 439 g/mol. The molecule has 32 heavy (non-hydrogen) atoms. The summed E-state index contributed by atoms with van der Waals surface area (Å²) in [4.78, 5) is 23.1. The molecule has 1 atom stereocenters. The molecule has 0 saturated heterocycles. The number of methoxy groups -OCH3 is 1. The zero-order chi connectivity index (χ0) is 23.3. The van der Waals surface area contributed by atoms with E-state index in [1.165, 1.54) is 23.2 Å². The monoisotopic (exact) mass is 439 g/mol. The van der Waals surface area contributed by atoms with Crippen molar-refractivity contribution in [3.8, 4) is 5.75 Å². The molecule has 8 nitrogen and oxygen atoms in total. The van der Waals surface area contributed by atoms with Gasteiger partial charge in [-0.2, -0.15) is 4.98 Å². The number of carbonyl (C=O) groups excluding carboxylic acids is 1. The first-order valence-electron chi connectivity index (χ1n) is 10.0. The number of para-hydroxylation sites is 1. The lowest BCUT2D eigenvalue weighted by molar-refractivity contribution is 0.0646. The van der Waals surface area contributed by atoms with Crippen molar-refractivity contribution in [3.05, 3.63) is 66.6 Å². The van der Waals surface area contributed by atoms with Gasteiger partial charge >= 0.3 is 6.03 Å². The number of benzene rings is 2. The predicted molar refractivity (Wildman–Crippen MR) is 122 cm³/mol. The van der Waals surface area contributed by atoms with Gasteiger partial charge in [0.25, 0.3) is 0 Å². The molecule has 0 aliphatic carbocycles. The number of carbonyl (C=O) groups is 1. The van der Waals surface area contributed by atoms with Gasteiger partial charge in [0.1, 0.15) is 17.4 Å². The van der Waals surface area contributed by atoms with Crippen LogP contribution >= 0.6 is 0 Å². The number of nitrogens with one attached hydrogen (secondary N) is 2. The van der Waals surface area contributed by atoms with E-state index in [1.807, 2.05) is 0 Å². The minimum Gasteiger partial charge on any atom is -0.497 e. The zero-order valence-corrected chi connectivity index (χ0v) is 18.3. The number of hydrogen-bond donors (Lipinski definition) is 3. The SMILES string of the molecule is COc1ccc(N(C(=O)Nc2ccccc2F)c2ccnc(N[C@@H](C)C(C)(C)O)n2)cc1. The van der Waals surface area contributed by atoms with E-state index in [0.29, 0.717) is 11.4 Å². The second-order valence-corrected chi connectivity index (χ2v) is 7.70. The number of nitrogens with zero attached hydrogens (tertiary/aromatic N) is 3. The van der Waals surface area contributed by atoms with Crippen LogP contribution in [0.3, 0.4) is 0 Å². The summed E-state index contributed by atoms with van der Waals surface area (Å²) >= 11 is 0. The van der Waals surface area contributed by atoms with E-state index in [0.717, 1.165) is 0 Å². The maximum Gasteiger partial charge on any atom is 0.332 e. The van der Waals surface area contributed by atoms with Crippen molar-refractivity contribution in [2.75, 3.05) is 22.6 Å². The molecule has 0 aliphatic heterocycles. The fraction of sp³-hybridized carbons (Fsp3) is 0.261. The molecule has 1 heterocycles. The van der Waals surface area contributed by atoms with Gasteiger partial charge in [0.05, 0.1) is 30.1 Å². The number of aliphatic hydroxyl groups is 1. The smallest absolute Gasteiger partial charge is 0.332 e. The third kappa shape index (κ3) is 5.50. The van der Waals surface area contributed by atoms with Gasteiger partial charge in [0, 0.05) is 12.3 Å². The van der Waals surface area contributed by atoms with Crippen molar-refractivity contribution in [1.29, 1.82) is 0 Å². The zero-order valence-electron chi connectivity index (χ0n) is 18.3. The van der Waals surface area contributed by atoms with Crippen molar-refractivity contribution in [3.63, 3.8) is 0 Å². The molecule has 3 N–H and O–H groups in total. The lowest BCUT2D eigenvalue weighted by Crippen LogP contribution is -2.40. The topological polar surface area (TPSA) is 99.6 Å². The molecule has 0 bridgehead atoms. The van der Waals surface area contributed by atoms with Crippen LogP contribution in [0.5, 0.6) is 5.75 Å². The normalized spacial score (nSPS) is 12.1. The fourth-order valence-electron chi connectivity index (χ4n) is 2.73. The van der Waals surface area contributed by atoms with Crippen LogP contribution in [0.15, 0.2) is 60.8 Å². The van der Waals surface area contributed by atoms with E-state index < -0.39 is 17.4 Å². The van der Waals surface area contributed by atoms with Crippen LogP contribution in [-0.2, 0) is 0 Å². The number of rotatable bonds is 7. The summed E-state index contributed by atoms with van der Waals surface area (Å²) in [5, 5.41) is 15.8. The molecule has 2 aromatic carbocycles. The van der Waals surface area contributed by atoms with Crippen LogP contribution in [0.1, 0.15) is 20.8 Å². The molecule has 1 aromatic heterocycles. The molecule has 0 radical (unpaired) electrons. The molecular formula is C23H26FN5O3. The van der Waals surface area contributed by atoms with Crippen molar-refractivity contribution in [2.24, 2.45) is 0 Å². The van der Waals surface area contributed by atoms with Gasteiger partial charge < -0.3 is 20.5 Å². The highest BCUT2D eigenvalue weighted by molar-refractivity contribution is 6.06. The Balaban J connectivity index is 1.98. The molecule has 0 unspecified atom stereocenters. The summed E-state index contributed by atoms with van der Waals surface area (Å²) in [5.41, 5.74) is -0.490. The Morgan fingerprint density at radius 2 is 1.84 bits per heavy atom. The standard InChI is InChI=1S/C23H26FN5O3/c1-15(23(2,3)31)26-21-25-14-13-20(28-21)29(16-9-11-17(32-4)12-10-16)22(30)27-19-8-6-5-7-18(19)24/h5-15,31H,1-4H3,(H,27,30)(H,25,26,28)/t15-/m0/s1. The Morgan fingerprint density at radius 3 is 2.47 bits per heavy atom. The highest BCUT2D eigenvalue weighted by atomic mass is 19.1. The molecule has 0 fully saturated rings. The van der Waals surface area contributed by atoms with Crippen LogP contribution in [0, 0.1) is 5.82 Å². The number of anilines is 4. The van der Waals surface area contributed by atoms with E-state index in [9.17, 15) is 14.3 Å². The van der Waals surface area contributed by atoms with Gasteiger partial charge in [0.15, 0.2) is 0 Å². The molecule has 3 aromatic rings. The molecule has 9 heteroatoms. The lowest BCUT2D eigenvalue weighted by Gasteiger charge is -2.27. The van der Waals surface area contributed by atoms with Crippen LogP contribution in [0.25, 0.3) is 0 Å². The van der Waals surface area contributed by atoms with E-state index in [2.05, 4.69) is 20.6 Å². The Morgan fingerprint density at radius 1 is 1.16 bits per heavy atom. The first kappa shape index (κ1) is 23.0. The van der Waals surface area contributed by atoms with Crippen molar-refractivity contribution in [2.45, 2.75) is 32.4 Å². The van der Waals surface area contributed by atoms with Gasteiger partial charge in [-0.15, -0.1) is 0 Å². The predicted octanol–water partition coefficient (Wildman–Crippen LogP) is 4.57. The second-order valence-electron chi connectivity index (χ2n) is 7.70. The molecule has 168 valence electrons. The summed E-state index contributed by atoms with van der Waals surface area (Å²) in [6, 6.07) is 13.3. The molecule has 0 saturated carbocycles. The molecule has 0 spiro atoms. The van der Waals surface area contributed by atoms with Crippen molar-refractivity contribution in [1.82, 2.24) is 9.97 Å². The fourth-order valence-corrected chi connectivity index (χ4v) is 2.73.